The van der Waals surface area contributed by atoms with Crippen LogP contribution in [-0.4, -0.2) is 50.3 Å². The number of ether oxygens (including phenoxy) is 1. The molecule has 7 heteroatoms. The van der Waals surface area contributed by atoms with Crippen LogP contribution in [0.5, 0.6) is 0 Å². The van der Waals surface area contributed by atoms with Crippen molar-refractivity contribution in [2.45, 2.75) is 0 Å². The minimum Gasteiger partial charge on any atom is -0.465 e. The molecule has 0 fully saturated rings. The van der Waals surface area contributed by atoms with E-state index in [2.05, 4.69) is 15.5 Å². The minimum absolute atomic E-state index is 0.361. The number of benzene rings is 1. The SMILES string of the molecule is COC(=O)c1sc2ccccc2c1NC(=S)NCCN(C)C. The molecule has 0 aliphatic heterocycles. The third kappa shape index (κ3) is 3.94. The number of anilines is 1. The van der Waals surface area contributed by atoms with Crippen molar-refractivity contribution in [2.75, 3.05) is 39.6 Å². The summed E-state index contributed by atoms with van der Waals surface area (Å²) in [6.07, 6.45) is 0. The largest absolute Gasteiger partial charge is 0.465 e. The fourth-order valence-corrected chi connectivity index (χ4v) is 3.24. The predicted octanol–water partition coefficient (Wildman–Crippen LogP) is 2.54. The van der Waals surface area contributed by atoms with Crippen LogP contribution in [-0.2, 0) is 4.74 Å². The van der Waals surface area contributed by atoms with Gasteiger partial charge in [0.05, 0.1) is 12.8 Å². The minimum atomic E-state index is -0.361. The van der Waals surface area contributed by atoms with E-state index < -0.39 is 0 Å². The van der Waals surface area contributed by atoms with Crippen LogP contribution >= 0.6 is 23.6 Å². The number of carbonyl (C=O) groups is 1. The normalized spacial score (nSPS) is 10.7. The van der Waals surface area contributed by atoms with Crippen molar-refractivity contribution in [2.24, 2.45) is 0 Å². The zero-order valence-electron chi connectivity index (χ0n) is 12.8. The van der Waals surface area contributed by atoms with Gasteiger partial charge in [-0.05, 0) is 32.4 Å². The maximum atomic E-state index is 12.0. The summed E-state index contributed by atoms with van der Waals surface area (Å²) in [5.74, 6) is -0.361. The van der Waals surface area contributed by atoms with Gasteiger partial charge in [-0.3, -0.25) is 0 Å². The number of fused-ring (bicyclic) bond motifs is 1. The quantitative estimate of drug-likeness (QED) is 0.646. The highest BCUT2D eigenvalue weighted by Crippen LogP contribution is 2.36. The molecule has 1 aromatic carbocycles. The van der Waals surface area contributed by atoms with Gasteiger partial charge >= 0.3 is 5.97 Å². The van der Waals surface area contributed by atoms with Crippen molar-refractivity contribution in [1.82, 2.24) is 10.2 Å². The van der Waals surface area contributed by atoms with Gasteiger partial charge in [0.1, 0.15) is 4.88 Å². The Labute approximate surface area is 139 Å². The number of likely N-dealkylation sites (N-methyl/N-ethyl adjacent to an activating group) is 1. The first-order chi connectivity index (χ1) is 10.5. The Morgan fingerprint density at radius 2 is 2.09 bits per heavy atom. The first-order valence-electron chi connectivity index (χ1n) is 6.82. The third-order valence-electron chi connectivity index (χ3n) is 3.05. The standard InChI is InChI=1S/C15H19N3O2S2/c1-18(2)9-8-16-15(21)17-12-10-6-4-5-7-11(10)22-13(12)14(19)20-3/h4-7H,8-9H2,1-3H3,(H2,16,17,21). The summed E-state index contributed by atoms with van der Waals surface area (Å²) in [6, 6.07) is 7.81. The molecule has 118 valence electrons. The highest BCUT2D eigenvalue weighted by Gasteiger charge is 2.19. The molecule has 0 atom stereocenters. The van der Waals surface area contributed by atoms with E-state index in [-0.39, 0.29) is 5.97 Å². The van der Waals surface area contributed by atoms with Gasteiger partial charge in [-0.2, -0.15) is 0 Å². The van der Waals surface area contributed by atoms with E-state index in [4.69, 9.17) is 17.0 Å². The molecule has 2 N–H and O–H groups in total. The lowest BCUT2D eigenvalue weighted by molar-refractivity contribution is 0.0607. The van der Waals surface area contributed by atoms with E-state index in [1.165, 1.54) is 18.4 Å². The van der Waals surface area contributed by atoms with Gasteiger partial charge in [0.15, 0.2) is 5.11 Å². The average molecular weight is 337 g/mol. The molecule has 0 amide bonds. The Morgan fingerprint density at radius 1 is 1.36 bits per heavy atom. The number of thiophene rings is 1. The zero-order valence-corrected chi connectivity index (χ0v) is 14.4. The summed E-state index contributed by atoms with van der Waals surface area (Å²) >= 11 is 6.71. The van der Waals surface area contributed by atoms with Gasteiger partial charge in [0.2, 0.25) is 0 Å². The van der Waals surface area contributed by atoms with E-state index in [1.54, 1.807) is 0 Å². The number of esters is 1. The molecule has 0 aliphatic carbocycles. The van der Waals surface area contributed by atoms with Crippen molar-refractivity contribution in [1.29, 1.82) is 0 Å². The lowest BCUT2D eigenvalue weighted by Crippen LogP contribution is -2.34. The number of nitrogens with one attached hydrogen (secondary N) is 2. The van der Waals surface area contributed by atoms with Crippen molar-refractivity contribution in [3.05, 3.63) is 29.1 Å². The summed E-state index contributed by atoms with van der Waals surface area (Å²) in [6.45, 7) is 1.60. The number of hydrogen-bond donors (Lipinski definition) is 2. The van der Waals surface area contributed by atoms with Gasteiger partial charge in [0.25, 0.3) is 0 Å². The van der Waals surface area contributed by atoms with Crippen LogP contribution in [0.1, 0.15) is 9.67 Å². The lowest BCUT2D eigenvalue weighted by atomic mass is 10.2. The molecular formula is C15H19N3O2S2. The van der Waals surface area contributed by atoms with Crippen LogP contribution in [0.2, 0.25) is 0 Å². The van der Waals surface area contributed by atoms with Crippen LogP contribution in [0, 0.1) is 0 Å². The molecular weight excluding hydrogens is 318 g/mol. The second kappa shape index (κ2) is 7.53. The van der Waals surface area contributed by atoms with Crippen molar-refractivity contribution >= 4 is 50.4 Å². The van der Waals surface area contributed by atoms with E-state index in [0.29, 0.717) is 15.7 Å². The van der Waals surface area contributed by atoms with Crippen LogP contribution in [0.3, 0.4) is 0 Å². The maximum Gasteiger partial charge on any atom is 0.350 e. The molecule has 0 saturated carbocycles. The summed E-state index contributed by atoms with van der Waals surface area (Å²) in [5.41, 5.74) is 0.704. The van der Waals surface area contributed by atoms with Gasteiger partial charge in [-0.15, -0.1) is 11.3 Å². The Balaban J connectivity index is 2.21. The number of rotatable bonds is 5. The average Bonchev–Trinajstić information content (AvgIpc) is 2.85. The van der Waals surface area contributed by atoms with Crippen LogP contribution < -0.4 is 10.6 Å². The molecule has 2 rings (SSSR count). The maximum absolute atomic E-state index is 12.0. The number of methoxy groups -OCH3 is 1. The molecule has 0 unspecified atom stereocenters. The molecule has 5 nitrogen and oxygen atoms in total. The van der Waals surface area contributed by atoms with Gasteiger partial charge < -0.3 is 20.3 Å². The number of hydrogen-bond acceptors (Lipinski definition) is 5. The number of thiocarbonyl (C=S) groups is 1. The summed E-state index contributed by atoms with van der Waals surface area (Å²) < 4.78 is 5.88. The van der Waals surface area contributed by atoms with E-state index >= 15 is 0 Å². The number of carbonyl (C=O) groups excluding carboxylic acids is 1. The molecule has 0 radical (unpaired) electrons. The fraction of sp³-hybridized carbons (Fsp3) is 0.333. The summed E-state index contributed by atoms with van der Waals surface area (Å²) in [5, 5.41) is 7.72. The molecule has 0 aliphatic rings. The Bertz CT molecular complexity index is 682. The molecule has 1 aromatic heterocycles. The second-order valence-corrected chi connectivity index (χ2v) is 6.44. The predicted molar refractivity (Wildman–Crippen MR) is 95.9 cm³/mol. The highest BCUT2D eigenvalue weighted by molar-refractivity contribution is 7.80. The van der Waals surface area contributed by atoms with Crippen LogP contribution in [0.25, 0.3) is 10.1 Å². The van der Waals surface area contributed by atoms with Crippen molar-refractivity contribution in [3.8, 4) is 0 Å². The van der Waals surface area contributed by atoms with Gasteiger partial charge in [0, 0.05) is 23.2 Å². The highest BCUT2D eigenvalue weighted by atomic mass is 32.1. The summed E-state index contributed by atoms with van der Waals surface area (Å²) in [7, 11) is 5.38. The van der Waals surface area contributed by atoms with E-state index in [0.717, 1.165) is 23.2 Å². The molecule has 2 aromatic rings. The molecule has 22 heavy (non-hydrogen) atoms. The Morgan fingerprint density at radius 3 is 2.77 bits per heavy atom. The van der Waals surface area contributed by atoms with E-state index in [9.17, 15) is 4.79 Å². The molecule has 0 bridgehead atoms. The zero-order chi connectivity index (χ0) is 16.1. The lowest BCUT2D eigenvalue weighted by Gasteiger charge is -2.13. The first-order valence-corrected chi connectivity index (χ1v) is 8.05. The molecule has 0 saturated heterocycles. The smallest absolute Gasteiger partial charge is 0.350 e. The van der Waals surface area contributed by atoms with E-state index in [1.807, 2.05) is 38.4 Å². The first kappa shape index (κ1) is 16.7. The Hall–Kier alpha value is -1.70. The van der Waals surface area contributed by atoms with Gasteiger partial charge in [-0.25, -0.2) is 4.79 Å². The number of nitrogens with zero attached hydrogens (tertiary/aromatic N) is 1. The van der Waals surface area contributed by atoms with Crippen LogP contribution in [0.4, 0.5) is 5.69 Å². The molecule has 0 spiro atoms. The fourth-order valence-electron chi connectivity index (χ4n) is 1.96. The van der Waals surface area contributed by atoms with Crippen molar-refractivity contribution in [3.63, 3.8) is 0 Å². The second-order valence-electron chi connectivity index (χ2n) is 4.98. The third-order valence-corrected chi connectivity index (χ3v) is 4.45. The topological polar surface area (TPSA) is 53.6 Å². The van der Waals surface area contributed by atoms with Gasteiger partial charge in [-0.1, -0.05) is 18.2 Å². The monoisotopic (exact) mass is 337 g/mol. The van der Waals surface area contributed by atoms with Crippen molar-refractivity contribution < 1.29 is 9.53 Å². The van der Waals surface area contributed by atoms with Crippen LogP contribution in [0.15, 0.2) is 24.3 Å². The molecule has 1 heterocycles. The summed E-state index contributed by atoms with van der Waals surface area (Å²) in [4.78, 5) is 14.6. The Kier molecular flexibility index (Phi) is 5.70.